The van der Waals surface area contributed by atoms with Crippen molar-refractivity contribution in [1.29, 1.82) is 0 Å². The number of hydrogen-bond donors (Lipinski definition) is 1. The smallest absolute Gasteiger partial charge is 0.318 e. The van der Waals surface area contributed by atoms with E-state index in [9.17, 15) is 14.3 Å². The summed E-state index contributed by atoms with van der Waals surface area (Å²) in [7, 11) is 4.15. The number of aromatic nitrogens is 2. The van der Waals surface area contributed by atoms with Crippen LogP contribution in [0.4, 0.5) is 10.2 Å². The monoisotopic (exact) mass is 673 g/mol. The van der Waals surface area contributed by atoms with Crippen LogP contribution in [0.15, 0.2) is 30.3 Å². The average molecular weight is 674 g/mol. The number of benzene rings is 2. The molecule has 1 aliphatic carbocycles. The lowest BCUT2D eigenvalue weighted by Gasteiger charge is -2.30. The van der Waals surface area contributed by atoms with Crippen molar-refractivity contribution in [3.8, 4) is 11.8 Å². The minimum atomic E-state index is -0.826. The minimum absolute atomic E-state index is 0.0571. The molecule has 3 heterocycles. The van der Waals surface area contributed by atoms with E-state index in [2.05, 4.69) is 53.4 Å². The van der Waals surface area contributed by atoms with E-state index in [0.29, 0.717) is 50.7 Å². The maximum Gasteiger partial charge on any atom is 0.318 e. The summed E-state index contributed by atoms with van der Waals surface area (Å²) in [4.78, 5) is 29.9. The predicted molar refractivity (Wildman–Crippen MR) is 165 cm³/mol. The molecule has 6 rings (SSSR count). The van der Waals surface area contributed by atoms with Crippen LogP contribution in [0, 0.1) is 8.99 Å². The maximum atomic E-state index is 14.4. The second-order valence-electron chi connectivity index (χ2n) is 12.3. The molecule has 1 saturated carbocycles. The maximum absolute atomic E-state index is 14.4. The summed E-state index contributed by atoms with van der Waals surface area (Å²) in [5, 5.41) is 12.1. The summed E-state index contributed by atoms with van der Waals surface area (Å²) in [6.45, 7) is 4.82. The zero-order chi connectivity index (χ0) is 28.9. The Labute approximate surface area is 254 Å². The fourth-order valence-electron chi connectivity index (χ4n) is 6.32. The van der Waals surface area contributed by atoms with Crippen LogP contribution in [0.5, 0.6) is 11.8 Å². The van der Waals surface area contributed by atoms with Crippen LogP contribution in [-0.2, 0) is 13.1 Å². The van der Waals surface area contributed by atoms with Crippen molar-refractivity contribution in [2.75, 3.05) is 38.7 Å². The standard InChI is InChI=1S/C31H37FIN5O3/c1-19-7-8-21(32)9-12-38(19)28-24-15-37(29(40)23-14-22(39)13-20-5-4-6-25(33)27(20)23)16-26(24)34-30(35-28)41-18-31(10-11-31)17-36(2)3/h4-6,13-14,19,21,39H,7-12,15-18H2,1-3H3/t19-,21?/m1/s1. The van der Waals surface area contributed by atoms with Gasteiger partial charge in [0.15, 0.2) is 0 Å². The lowest BCUT2D eigenvalue weighted by molar-refractivity contribution is 0.0752. The van der Waals surface area contributed by atoms with Gasteiger partial charge in [0.1, 0.15) is 17.7 Å². The molecule has 41 heavy (non-hydrogen) atoms. The molecular formula is C31H37FIN5O3. The summed E-state index contributed by atoms with van der Waals surface area (Å²) < 4.78 is 21.6. The predicted octanol–water partition coefficient (Wildman–Crippen LogP) is 5.53. The second kappa shape index (κ2) is 11.2. The first-order valence-electron chi connectivity index (χ1n) is 14.4. The number of carbonyl (C=O) groups excluding carboxylic acids is 1. The molecule has 3 aliphatic rings. The van der Waals surface area contributed by atoms with Crippen LogP contribution in [-0.4, -0.2) is 76.8 Å². The Balaban J connectivity index is 1.34. The third kappa shape index (κ3) is 5.82. The minimum Gasteiger partial charge on any atom is -0.508 e. The SMILES string of the molecule is C[C@@H]1CCC(F)CCN1c1nc(OCC2(CN(C)C)CC2)nc2c1CN(C(=O)c1cc(O)cc3cccc(I)c13)C2. The zero-order valence-electron chi connectivity index (χ0n) is 23.9. The van der Waals surface area contributed by atoms with Crippen LogP contribution in [0.2, 0.25) is 0 Å². The molecule has 2 aliphatic heterocycles. The van der Waals surface area contributed by atoms with Gasteiger partial charge in [-0.1, -0.05) is 12.1 Å². The fourth-order valence-corrected chi connectivity index (χ4v) is 7.13. The van der Waals surface area contributed by atoms with Crippen molar-refractivity contribution in [3.05, 3.63) is 50.7 Å². The molecule has 0 radical (unpaired) electrons. The summed E-state index contributed by atoms with van der Waals surface area (Å²) >= 11 is 2.23. The van der Waals surface area contributed by atoms with E-state index < -0.39 is 6.17 Å². The first kappa shape index (κ1) is 28.4. The van der Waals surface area contributed by atoms with E-state index in [1.54, 1.807) is 17.0 Å². The number of amides is 1. The van der Waals surface area contributed by atoms with Crippen LogP contribution in [0.1, 0.15) is 60.6 Å². The number of anilines is 1. The van der Waals surface area contributed by atoms with Gasteiger partial charge in [-0.05, 0) is 99.3 Å². The Morgan fingerprint density at radius 2 is 2.00 bits per heavy atom. The normalized spacial score (nSPS) is 21.7. The average Bonchev–Trinajstić information content (AvgIpc) is 3.58. The molecule has 10 heteroatoms. The molecule has 2 atom stereocenters. The Bertz CT molecular complexity index is 1480. The Hall–Kier alpha value is -2.73. The molecule has 0 spiro atoms. The quantitative estimate of drug-likeness (QED) is 0.331. The highest BCUT2D eigenvalue weighted by Crippen LogP contribution is 2.46. The van der Waals surface area contributed by atoms with Crippen molar-refractivity contribution in [1.82, 2.24) is 19.8 Å². The van der Waals surface area contributed by atoms with E-state index in [4.69, 9.17) is 14.7 Å². The molecule has 1 aromatic heterocycles. The summed E-state index contributed by atoms with van der Waals surface area (Å²) in [5.74, 6) is 0.633. The van der Waals surface area contributed by atoms with E-state index in [1.165, 1.54) is 0 Å². The summed E-state index contributed by atoms with van der Waals surface area (Å²) in [6, 6.07) is 9.45. The third-order valence-corrected chi connectivity index (χ3v) is 9.57. The molecule has 1 amide bonds. The molecule has 1 saturated heterocycles. The fraction of sp³-hybridized carbons (Fsp3) is 0.516. The zero-order valence-corrected chi connectivity index (χ0v) is 26.0. The van der Waals surface area contributed by atoms with Gasteiger partial charge in [0.25, 0.3) is 5.91 Å². The highest BCUT2D eigenvalue weighted by molar-refractivity contribution is 14.1. The van der Waals surface area contributed by atoms with Crippen molar-refractivity contribution >= 4 is 45.1 Å². The molecular weight excluding hydrogens is 636 g/mol. The number of halogens is 2. The van der Waals surface area contributed by atoms with Gasteiger partial charge in [0.2, 0.25) is 0 Å². The van der Waals surface area contributed by atoms with E-state index >= 15 is 0 Å². The number of alkyl halides is 1. The number of ether oxygens (including phenoxy) is 1. The van der Waals surface area contributed by atoms with Crippen molar-refractivity contribution < 1.29 is 19.0 Å². The molecule has 1 unspecified atom stereocenters. The summed E-state index contributed by atoms with van der Waals surface area (Å²) in [6.07, 6.45) is 3.12. The lowest BCUT2D eigenvalue weighted by Crippen LogP contribution is -2.35. The van der Waals surface area contributed by atoms with Crippen LogP contribution >= 0.6 is 22.6 Å². The highest BCUT2D eigenvalue weighted by Gasteiger charge is 2.44. The van der Waals surface area contributed by atoms with Gasteiger partial charge < -0.3 is 24.5 Å². The van der Waals surface area contributed by atoms with Crippen molar-refractivity contribution in [2.45, 2.75) is 64.3 Å². The largest absolute Gasteiger partial charge is 0.508 e. The Morgan fingerprint density at radius 3 is 2.76 bits per heavy atom. The second-order valence-corrected chi connectivity index (χ2v) is 13.4. The van der Waals surface area contributed by atoms with Gasteiger partial charge in [-0.15, -0.1) is 0 Å². The Morgan fingerprint density at radius 1 is 1.20 bits per heavy atom. The van der Waals surface area contributed by atoms with Gasteiger partial charge in [-0.3, -0.25) is 4.79 Å². The molecule has 1 N–H and O–H groups in total. The van der Waals surface area contributed by atoms with Crippen LogP contribution < -0.4 is 9.64 Å². The number of rotatable bonds is 7. The van der Waals surface area contributed by atoms with Gasteiger partial charge in [0, 0.05) is 39.1 Å². The van der Waals surface area contributed by atoms with Crippen molar-refractivity contribution in [3.63, 3.8) is 0 Å². The number of aromatic hydroxyl groups is 1. The Kier molecular flexibility index (Phi) is 7.73. The highest BCUT2D eigenvalue weighted by atomic mass is 127. The van der Waals surface area contributed by atoms with Gasteiger partial charge in [0.05, 0.1) is 31.0 Å². The molecule has 8 nitrogen and oxygen atoms in total. The first-order valence-corrected chi connectivity index (χ1v) is 15.5. The third-order valence-electron chi connectivity index (χ3n) is 8.67. The topological polar surface area (TPSA) is 82.0 Å². The van der Waals surface area contributed by atoms with Crippen LogP contribution in [0.25, 0.3) is 10.8 Å². The van der Waals surface area contributed by atoms with Gasteiger partial charge >= 0.3 is 6.01 Å². The number of nitrogens with zero attached hydrogens (tertiary/aromatic N) is 5. The number of phenolic OH excluding ortho intramolecular Hbond substituents is 1. The number of fused-ring (bicyclic) bond motifs is 2. The number of phenols is 1. The molecule has 218 valence electrons. The molecule has 0 bridgehead atoms. The molecule has 2 aromatic carbocycles. The van der Waals surface area contributed by atoms with Crippen LogP contribution in [0.3, 0.4) is 0 Å². The summed E-state index contributed by atoms with van der Waals surface area (Å²) in [5.41, 5.74) is 2.25. The molecule has 2 fully saturated rings. The van der Waals surface area contributed by atoms with Gasteiger partial charge in [-0.2, -0.15) is 9.97 Å². The molecule has 3 aromatic rings. The number of carbonyl (C=O) groups is 1. The van der Waals surface area contributed by atoms with Crippen molar-refractivity contribution in [2.24, 2.45) is 5.41 Å². The first-order chi connectivity index (χ1) is 19.6. The van der Waals surface area contributed by atoms with E-state index in [1.807, 2.05) is 18.2 Å². The van der Waals surface area contributed by atoms with Gasteiger partial charge in [-0.25, -0.2) is 4.39 Å². The number of hydrogen-bond acceptors (Lipinski definition) is 7. The van der Waals surface area contributed by atoms with E-state index in [-0.39, 0.29) is 23.1 Å². The van der Waals surface area contributed by atoms with E-state index in [0.717, 1.165) is 57.2 Å². The lowest BCUT2D eigenvalue weighted by atomic mass is 10.0.